The molecule has 0 saturated heterocycles. The molecule has 0 spiro atoms. The number of benzene rings is 1. The molecule has 1 aliphatic rings. The molecule has 0 saturated carbocycles. The second kappa shape index (κ2) is 7.54. The molecule has 138 valence electrons. The predicted molar refractivity (Wildman–Crippen MR) is 105 cm³/mol. The van der Waals surface area contributed by atoms with E-state index in [4.69, 9.17) is 9.47 Å². The molecule has 3 heterocycles. The lowest BCUT2D eigenvalue weighted by atomic mass is 10.1. The molecule has 1 N–H and O–H groups in total. The molecule has 1 unspecified atom stereocenters. The molecule has 7 heteroatoms. The molecule has 4 rings (SSSR count). The van der Waals surface area contributed by atoms with E-state index in [1.165, 1.54) is 29.8 Å². The van der Waals surface area contributed by atoms with Crippen LogP contribution in [0.3, 0.4) is 0 Å². The van der Waals surface area contributed by atoms with Crippen LogP contribution in [0.1, 0.15) is 32.6 Å². The summed E-state index contributed by atoms with van der Waals surface area (Å²) in [5.74, 6) is 0.275. The number of thiophene rings is 2. The van der Waals surface area contributed by atoms with Gasteiger partial charge in [0.15, 0.2) is 0 Å². The first kappa shape index (κ1) is 17.8. The van der Waals surface area contributed by atoms with Gasteiger partial charge in [0.2, 0.25) is 0 Å². The summed E-state index contributed by atoms with van der Waals surface area (Å²) >= 11 is 2.94. The van der Waals surface area contributed by atoms with Crippen LogP contribution >= 0.6 is 22.7 Å². The number of nitrogens with one attached hydrogen (secondary N) is 1. The SMILES string of the molecule is COC(=O)CC(NC(=O)c1cc2c(s1)-c1ccccc1OC2)c1cccs1. The van der Waals surface area contributed by atoms with Crippen LogP contribution in [0.15, 0.2) is 47.8 Å². The second-order valence-electron chi connectivity index (χ2n) is 6.07. The van der Waals surface area contributed by atoms with Crippen molar-refractivity contribution in [1.82, 2.24) is 5.32 Å². The van der Waals surface area contributed by atoms with Gasteiger partial charge in [-0.15, -0.1) is 22.7 Å². The quantitative estimate of drug-likeness (QED) is 0.646. The highest BCUT2D eigenvalue weighted by atomic mass is 32.1. The van der Waals surface area contributed by atoms with Crippen molar-refractivity contribution in [2.45, 2.75) is 19.1 Å². The number of esters is 1. The van der Waals surface area contributed by atoms with Crippen LogP contribution in [0.25, 0.3) is 10.4 Å². The fourth-order valence-corrected chi connectivity index (χ4v) is 4.88. The third-order valence-corrected chi connectivity index (χ3v) is 6.53. The number of hydrogen-bond acceptors (Lipinski definition) is 6. The van der Waals surface area contributed by atoms with Crippen molar-refractivity contribution in [1.29, 1.82) is 0 Å². The lowest BCUT2D eigenvalue weighted by Gasteiger charge is -2.16. The number of rotatable bonds is 5. The summed E-state index contributed by atoms with van der Waals surface area (Å²) in [5.41, 5.74) is 2.01. The van der Waals surface area contributed by atoms with E-state index in [0.717, 1.165) is 26.6 Å². The minimum absolute atomic E-state index is 0.0970. The van der Waals surface area contributed by atoms with Gasteiger partial charge in [-0.25, -0.2) is 0 Å². The van der Waals surface area contributed by atoms with Crippen molar-refractivity contribution in [3.8, 4) is 16.2 Å². The number of methoxy groups -OCH3 is 1. The summed E-state index contributed by atoms with van der Waals surface area (Å²) in [6.07, 6.45) is 0.0970. The molecule has 1 aromatic carbocycles. The molecule has 1 aliphatic heterocycles. The highest BCUT2D eigenvalue weighted by Gasteiger charge is 2.25. The first-order valence-electron chi connectivity index (χ1n) is 8.41. The second-order valence-corrected chi connectivity index (χ2v) is 8.10. The number of fused-ring (bicyclic) bond motifs is 3. The molecule has 5 nitrogen and oxygen atoms in total. The van der Waals surface area contributed by atoms with Crippen molar-refractivity contribution in [3.63, 3.8) is 0 Å². The van der Waals surface area contributed by atoms with E-state index < -0.39 is 6.04 Å². The zero-order chi connectivity index (χ0) is 18.8. The number of carbonyl (C=O) groups is 2. The van der Waals surface area contributed by atoms with E-state index in [9.17, 15) is 9.59 Å². The van der Waals surface area contributed by atoms with Crippen molar-refractivity contribution in [2.75, 3.05) is 7.11 Å². The van der Waals surface area contributed by atoms with Crippen LogP contribution in [-0.2, 0) is 16.1 Å². The first-order chi connectivity index (χ1) is 13.2. The summed E-state index contributed by atoms with van der Waals surface area (Å²) in [5, 5.41) is 4.89. The summed E-state index contributed by atoms with van der Waals surface area (Å²) < 4.78 is 10.5. The first-order valence-corrected chi connectivity index (χ1v) is 10.1. The van der Waals surface area contributed by atoms with Crippen molar-refractivity contribution < 1.29 is 19.1 Å². The van der Waals surface area contributed by atoms with Gasteiger partial charge in [-0.3, -0.25) is 9.59 Å². The number of hydrogen-bond donors (Lipinski definition) is 1. The standard InChI is InChI=1S/C20H17NO4S2/c1-24-18(22)10-14(16-7-4-8-26-16)21-20(23)17-9-12-11-25-15-6-3-2-5-13(15)19(12)27-17/h2-9,14H,10-11H2,1H3,(H,21,23). The van der Waals surface area contributed by atoms with Gasteiger partial charge >= 0.3 is 5.97 Å². The largest absolute Gasteiger partial charge is 0.488 e. The van der Waals surface area contributed by atoms with Gasteiger partial charge in [0, 0.05) is 20.9 Å². The summed E-state index contributed by atoms with van der Waals surface area (Å²) in [4.78, 5) is 27.2. The third-order valence-electron chi connectivity index (χ3n) is 4.34. The average Bonchev–Trinajstić information content (AvgIpc) is 3.37. The highest BCUT2D eigenvalue weighted by Crippen LogP contribution is 2.42. The van der Waals surface area contributed by atoms with Crippen molar-refractivity contribution >= 4 is 34.6 Å². The molecule has 0 aliphatic carbocycles. The van der Waals surface area contributed by atoms with Crippen LogP contribution in [0, 0.1) is 0 Å². The van der Waals surface area contributed by atoms with Crippen molar-refractivity contribution in [3.05, 3.63) is 63.2 Å². The van der Waals surface area contributed by atoms with Gasteiger partial charge in [-0.2, -0.15) is 0 Å². The maximum atomic E-state index is 12.9. The predicted octanol–water partition coefficient (Wildman–Crippen LogP) is 4.40. The van der Waals surface area contributed by atoms with E-state index >= 15 is 0 Å². The smallest absolute Gasteiger partial charge is 0.307 e. The van der Waals surface area contributed by atoms with Crippen LogP contribution in [-0.4, -0.2) is 19.0 Å². The lowest BCUT2D eigenvalue weighted by Crippen LogP contribution is -2.29. The maximum Gasteiger partial charge on any atom is 0.307 e. The Morgan fingerprint density at radius 3 is 2.89 bits per heavy atom. The number of ether oxygens (including phenoxy) is 2. The third kappa shape index (κ3) is 3.61. The van der Waals surface area contributed by atoms with Gasteiger partial charge in [0.05, 0.1) is 24.4 Å². The van der Waals surface area contributed by atoms with Crippen LogP contribution in [0.5, 0.6) is 5.75 Å². The Morgan fingerprint density at radius 2 is 2.11 bits per heavy atom. The minimum atomic E-state index is -0.410. The Kier molecular flexibility index (Phi) is 4.96. The van der Waals surface area contributed by atoms with Crippen LogP contribution in [0.4, 0.5) is 0 Å². The van der Waals surface area contributed by atoms with E-state index in [1.54, 1.807) is 0 Å². The molecular formula is C20H17NO4S2. The van der Waals surface area contributed by atoms with Gasteiger partial charge in [0.1, 0.15) is 12.4 Å². The van der Waals surface area contributed by atoms with Crippen LogP contribution in [0.2, 0.25) is 0 Å². The molecule has 1 atom stereocenters. The molecule has 0 bridgehead atoms. The Labute approximate surface area is 164 Å². The molecule has 3 aromatic rings. The Hall–Kier alpha value is -2.64. The summed E-state index contributed by atoms with van der Waals surface area (Å²) in [6, 6.07) is 13.1. The monoisotopic (exact) mass is 399 g/mol. The van der Waals surface area contributed by atoms with Crippen LogP contribution < -0.4 is 10.1 Å². The topological polar surface area (TPSA) is 64.6 Å². The fraction of sp³-hybridized carbons (Fsp3) is 0.200. The maximum absolute atomic E-state index is 12.9. The Bertz CT molecular complexity index is 978. The Balaban J connectivity index is 1.58. The average molecular weight is 399 g/mol. The summed E-state index contributed by atoms with van der Waals surface area (Å²) in [7, 11) is 1.35. The molecule has 0 fully saturated rings. The molecule has 27 heavy (non-hydrogen) atoms. The number of amides is 1. The van der Waals surface area contributed by atoms with E-state index in [-0.39, 0.29) is 18.3 Å². The molecular weight excluding hydrogens is 382 g/mol. The molecule has 0 radical (unpaired) electrons. The fourth-order valence-electron chi connectivity index (χ4n) is 3.00. The number of para-hydroxylation sites is 1. The zero-order valence-electron chi connectivity index (χ0n) is 14.6. The van der Waals surface area contributed by atoms with E-state index in [0.29, 0.717) is 11.5 Å². The van der Waals surface area contributed by atoms with Gasteiger partial charge in [-0.1, -0.05) is 18.2 Å². The molecule has 1 amide bonds. The van der Waals surface area contributed by atoms with Gasteiger partial charge in [0.25, 0.3) is 5.91 Å². The highest BCUT2D eigenvalue weighted by molar-refractivity contribution is 7.17. The summed E-state index contributed by atoms with van der Waals surface area (Å²) in [6.45, 7) is 0.451. The van der Waals surface area contributed by atoms with Crippen molar-refractivity contribution in [2.24, 2.45) is 0 Å². The normalized spacial score (nSPS) is 13.1. The Morgan fingerprint density at radius 1 is 1.26 bits per heavy atom. The molecule has 2 aromatic heterocycles. The lowest BCUT2D eigenvalue weighted by molar-refractivity contribution is -0.141. The van der Waals surface area contributed by atoms with E-state index in [1.807, 2.05) is 47.8 Å². The number of carbonyl (C=O) groups excluding carboxylic acids is 2. The van der Waals surface area contributed by atoms with E-state index in [2.05, 4.69) is 5.32 Å². The van der Waals surface area contributed by atoms with Gasteiger partial charge < -0.3 is 14.8 Å². The zero-order valence-corrected chi connectivity index (χ0v) is 16.2. The van der Waals surface area contributed by atoms with Gasteiger partial charge in [-0.05, 0) is 29.6 Å². The minimum Gasteiger partial charge on any atom is -0.488 e.